The summed E-state index contributed by atoms with van der Waals surface area (Å²) >= 11 is 0. The molecule has 0 aliphatic heterocycles. The van der Waals surface area contributed by atoms with Gasteiger partial charge in [0, 0.05) is 36.4 Å². The number of nitrogens with two attached hydrogens (primary N) is 1. The van der Waals surface area contributed by atoms with Crippen molar-refractivity contribution in [1.82, 2.24) is 9.55 Å². The maximum absolute atomic E-state index is 12.8. The van der Waals surface area contributed by atoms with Crippen molar-refractivity contribution in [3.05, 3.63) is 59.7 Å². The fraction of sp³-hybridized carbons (Fsp3) is 0.333. The van der Waals surface area contributed by atoms with Gasteiger partial charge in [-0.1, -0.05) is 19.9 Å². The number of hydrogen-bond donors (Lipinski definition) is 1. The van der Waals surface area contributed by atoms with E-state index in [2.05, 4.69) is 25.4 Å². The standard InChI is InChI=1S/C21H25N3O2/c1-4-9-24-20-11-16(26-13-15(22)10-14(2)3)5-6-18(20)17-7-8-23-12-19(17)21(24)25/h4-8,11-12,14-15H,1,9-10,13,22H2,2-3H3/t15-/m0/s1. The van der Waals surface area contributed by atoms with Gasteiger partial charge < -0.3 is 15.0 Å². The van der Waals surface area contributed by atoms with Crippen LogP contribution in [0.2, 0.25) is 0 Å². The van der Waals surface area contributed by atoms with Gasteiger partial charge in [-0.25, -0.2) is 0 Å². The van der Waals surface area contributed by atoms with E-state index in [1.165, 1.54) is 0 Å². The third-order valence-corrected chi connectivity index (χ3v) is 4.40. The Hall–Kier alpha value is -2.66. The molecule has 1 atom stereocenters. The highest BCUT2D eigenvalue weighted by molar-refractivity contribution is 6.05. The second kappa shape index (κ2) is 7.70. The molecule has 26 heavy (non-hydrogen) atoms. The number of allylic oxidation sites excluding steroid dienone is 1. The van der Waals surface area contributed by atoms with E-state index < -0.39 is 0 Å². The van der Waals surface area contributed by atoms with Crippen molar-refractivity contribution in [2.75, 3.05) is 6.61 Å². The Balaban J connectivity index is 2.05. The van der Waals surface area contributed by atoms with Gasteiger partial charge in [0.05, 0.1) is 10.9 Å². The summed E-state index contributed by atoms with van der Waals surface area (Å²) in [4.78, 5) is 16.9. The molecule has 0 fully saturated rings. The molecule has 0 saturated carbocycles. The van der Waals surface area contributed by atoms with E-state index in [1.54, 1.807) is 23.0 Å². The molecule has 0 bridgehead atoms. The van der Waals surface area contributed by atoms with Crippen LogP contribution in [0, 0.1) is 5.92 Å². The van der Waals surface area contributed by atoms with Gasteiger partial charge in [-0.3, -0.25) is 9.78 Å². The minimum atomic E-state index is -0.0749. The van der Waals surface area contributed by atoms with Gasteiger partial charge in [-0.2, -0.15) is 0 Å². The van der Waals surface area contributed by atoms with Crippen molar-refractivity contribution in [3.63, 3.8) is 0 Å². The minimum Gasteiger partial charge on any atom is -0.492 e. The Bertz CT molecular complexity index is 992. The summed E-state index contributed by atoms with van der Waals surface area (Å²) in [6, 6.07) is 7.68. The summed E-state index contributed by atoms with van der Waals surface area (Å²) in [5.41, 5.74) is 6.86. The van der Waals surface area contributed by atoms with Crippen LogP contribution in [0.25, 0.3) is 21.7 Å². The van der Waals surface area contributed by atoms with Crippen LogP contribution in [0.3, 0.4) is 0 Å². The molecule has 0 unspecified atom stereocenters. The van der Waals surface area contributed by atoms with Crippen molar-refractivity contribution in [1.29, 1.82) is 0 Å². The van der Waals surface area contributed by atoms with E-state index >= 15 is 0 Å². The van der Waals surface area contributed by atoms with Gasteiger partial charge in [0.15, 0.2) is 0 Å². The zero-order valence-electron chi connectivity index (χ0n) is 15.3. The zero-order chi connectivity index (χ0) is 18.7. The smallest absolute Gasteiger partial charge is 0.260 e. The second-order valence-electron chi connectivity index (χ2n) is 7.01. The fourth-order valence-corrected chi connectivity index (χ4v) is 3.29. The maximum atomic E-state index is 12.8. The monoisotopic (exact) mass is 351 g/mol. The summed E-state index contributed by atoms with van der Waals surface area (Å²) in [5, 5.41) is 2.49. The summed E-state index contributed by atoms with van der Waals surface area (Å²) < 4.78 is 7.58. The number of pyridine rings is 2. The quantitative estimate of drug-likeness (QED) is 0.522. The first-order valence-electron chi connectivity index (χ1n) is 8.90. The number of hydrogen-bond acceptors (Lipinski definition) is 4. The van der Waals surface area contributed by atoms with E-state index in [9.17, 15) is 4.79 Å². The third kappa shape index (κ3) is 3.63. The first-order valence-corrected chi connectivity index (χ1v) is 8.90. The summed E-state index contributed by atoms with van der Waals surface area (Å²) in [6.07, 6.45) is 5.95. The number of fused-ring (bicyclic) bond motifs is 3. The normalized spacial score (nSPS) is 12.6. The van der Waals surface area contributed by atoms with Crippen molar-refractivity contribution in [2.45, 2.75) is 32.9 Å². The highest BCUT2D eigenvalue weighted by atomic mass is 16.5. The fourth-order valence-electron chi connectivity index (χ4n) is 3.29. The van der Waals surface area contributed by atoms with Gasteiger partial charge >= 0.3 is 0 Å². The van der Waals surface area contributed by atoms with Crippen LogP contribution in [0.5, 0.6) is 5.75 Å². The molecule has 0 radical (unpaired) electrons. The molecule has 0 saturated heterocycles. The molecule has 2 N–H and O–H groups in total. The molecule has 3 aromatic rings. The van der Waals surface area contributed by atoms with Crippen molar-refractivity contribution >= 4 is 21.7 Å². The van der Waals surface area contributed by atoms with Gasteiger partial charge in [-0.15, -0.1) is 6.58 Å². The molecule has 136 valence electrons. The molecular weight excluding hydrogens is 326 g/mol. The van der Waals surface area contributed by atoms with Gasteiger partial charge in [-0.05, 0) is 35.9 Å². The Morgan fingerprint density at radius 3 is 2.81 bits per heavy atom. The lowest BCUT2D eigenvalue weighted by molar-refractivity contribution is 0.271. The van der Waals surface area contributed by atoms with Crippen molar-refractivity contribution in [3.8, 4) is 5.75 Å². The summed E-state index contributed by atoms with van der Waals surface area (Å²) in [6.45, 7) is 8.93. The number of aromatic nitrogens is 2. The summed E-state index contributed by atoms with van der Waals surface area (Å²) in [5.74, 6) is 1.24. The van der Waals surface area contributed by atoms with E-state index in [4.69, 9.17) is 10.5 Å². The predicted molar refractivity (Wildman–Crippen MR) is 107 cm³/mol. The average molecular weight is 351 g/mol. The predicted octanol–water partition coefficient (Wildman–Crippen LogP) is 3.49. The Morgan fingerprint density at radius 2 is 2.08 bits per heavy atom. The highest BCUT2D eigenvalue weighted by Crippen LogP contribution is 2.26. The molecule has 5 nitrogen and oxygen atoms in total. The molecule has 0 aliphatic carbocycles. The topological polar surface area (TPSA) is 70.1 Å². The van der Waals surface area contributed by atoms with Crippen LogP contribution in [0.1, 0.15) is 20.3 Å². The molecule has 2 heterocycles. The molecule has 1 aromatic carbocycles. The van der Waals surface area contributed by atoms with Crippen LogP contribution in [0.4, 0.5) is 0 Å². The van der Waals surface area contributed by atoms with Crippen LogP contribution in [-0.4, -0.2) is 22.2 Å². The molecular formula is C21H25N3O2. The maximum Gasteiger partial charge on any atom is 0.260 e. The van der Waals surface area contributed by atoms with Crippen LogP contribution in [-0.2, 0) is 6.54 Å². The van der Waals surface area contributed by atoms with Crippen LogP contribution >= 0.6 is 0 Å². The Morgan fingerprint density at radius 1 is 1.27 bits per heavy atom. The number of nitrogens with zero attached hydrogens (tertiary/aromatic N) is 2. The SMILES string of the molecule is C=CCn1c(=O)c2cnccc2c2ccc(OC[C@@H](N)CC(C)C)cc21. The molecule has 0 spiro atoms. The van der Waals surface area contributed by atoms with E-state index in [1.807, 2.05) is 24.3 Å². The van der Waals surface area contributed by atoms with Crippen molar-refractivity contribution < 1.29 is 4.74 Å². The number of ether oxygens (including phenoxy) is 1. The first-order chi connectivity index (χ1) is 12.5. The minimum absolute atomic E-state index is 0.0104. The number of rotatable bonds is 7. The van der Waals surface area contributed by atoms with Crippen LogP contribution in [0.15, 0.2) is 54.1 Å². The largest absolute Gasteiger partial charge is 0.492 e. The molecule has 5 heteroatoms. The lowest BCUT2D eigenvalue weighted by Crippen LogP contribution is -2.29. The first kappa shape index (κ1) is 18.1. The molecule has 0 amide bonds. The molecule has 0 aliphatic rings. The third-order valence-electron chi connectivity index (χ3n) is 4.40. The van der Waals surface area contributed by atoms with E-state index in [0.717, 1.165) is 22.7 Å². The average Bonchev–Trinajstić information content (AvgIpc) is 2.63. The highest BCUT2D eigenvalue weighted by Gasteiger charge is 2.12. The van der Waals surface area contributed by atoms with E-state index in [-0.39, 0.29) is 11.6 Å². The van der Waals surface area contributed by atoms with Gasteiger partial charge in [0.2, 0.25) is 0 Å². The Labute approximate surface area is 153 Å². The zero-order valence-corrected chi connectivity index (χ0v) is 15.3. The van der Waals surface area contributed by atoms with Gasteiger partial charge in [0.1, 0.15) is 12.4 Å². The Kier molecular flexibility index (Phi) is 5.38. The van der Waals surface area contributed by atoms with E-state index in [0.29, 0.717) is 30.2 Å². The van der Waals surface area contributed by atoms with Crippen LogP contribution < -0.4 is 16.0 Å². The summed E-state index contributed by atoms with van der Waals surface area (Å²) in [7, 11) is 0. The van der Waals surface area contributed by atoms with Crippen molar-refractivity contribution in [2.24, 2.45) is 11.7 Å². The number of benzene rings is 1. The second-order valence-corrected chi connectivity index (χ2v) is 7.01. The molecule has 3 rings (SSSR count). The lowest BCUT2D eigenvalue weighted by Gasteiger charge is -2.16. The lowest BCUT2D eigenvalue weighted by atomic mass is 10.1. The van der Waals surface area contributed by atoms with Gasteiger partial charge in [0.25, 0.3) is 5.56 Å². The molecule has 2 aromatic heterocycles.